The summed E-state index contributed by atoms with van der Waals surface area (Å²) in [6, 6.07) is 10.3. The Morgan fingerprint density at radius 2 is 1.82 bits per heavy atom. The van der Waals surface area contributed by atoms with Gasteiger partial charge in [0.05, 0.1) is 34.4 Å². The number of nitrogen functional groups attached to an aromatic ring is 1. The molecule has 0 bridgehead atoms. The summed E-state index contributed by atoms with van der Waals surface area (Å²) in [7, 11) is 0. The van der Waals surface area contributed by atoms with E-state index >= 15 is 0 Å². The number of aryl methyl sites for hydroxylation is 1. The fourth-order valence-corrected chi connectivity index (χ4v) is 2.54. The molecule has 0 aliphatic carbocycles. The molecule has 5 nitrogen and oxygen atoms in total. The van der Waals surface area contributed by atoms with E-state index in [4.69, 9.17) is 5.73 Å². The number of aromatic nitrogens is 1. The van der Waals surface area contributed by atoms with Crippen LogP contribution in [-0.4, -0.2) is 16.1 Å². The average Bonchev–Trinajstić information content (AvgIpc) is 2.69. The fourth-order valence-electron chi connectivity index (χ4n) is 2.54. The van der Waals surface area contributed by atoms with Gasteiger partial charge in [0.15, 0.2) is 11.6 Å². The minimum atomic E-state index is -1.06. The number of carboxylic acid groups (broad SMARTS) is 1. The number of aromatic carboxylic acids is 1. The Balaban J connectivity index is 0.00000136. The van der Waals surface area contributed by atoms with Crippen molar-refractivity contribution in [2.75, 3.05) is 11.1 Å². The number of carbonyl (C=O) groups is 1. The number of benzene rings is 2. The second-order valence-electron chi connectivity index (χ2n) is 5.74. The zero-order chi connectivity index (χ0) is 20.8. The molecule has 2 aromatic carbocycles. The third kappa shape index (κ3) is 4.43. The van der Waals surface area contributed by atoms with Gasteiger partial charge in [-0.1, -0.05) is 25.5 Å². The van der Waals surface area contributed by atoms with E-state index in [0.717, 1.165) is 11.6 Å². The zero-order valence-electron chi connectivity index (χ0n) is 15.8. The molecule has 0 fully saturated rings. The van der Waals surface area contributed by atoms with Crippen LogP contribution < -0.4 is 11.1 Å². The number of anilines is 3. The van der Waals surface area contributed by atoms with Crippen molar-refractivity contribution in [1.29, 1.82) is 0 Å². The molecule has 4 N–H and O–H groups in total. The highest BCUT2D eigenvalue weighted by molar-refractivity contribution is 5.95. The third-order valence-corrected chi connectivity index (χ3v) is 3.83. The first-order valence-electron chi connectivity index (χ1n) is 8.67. The monoisotopic (exact) mass is 385 g/mol. The lowest BCUT2D eigenvalue weighted by molar-refractivity contribution is 0.0698. The summed E-state index contributed by atoms with van der Waals surface area (Å²) in [6.45, 7) is 5.80. The van der Waals surface area contributed by atoms with Crippen LogP contribution >= 0.6 is 0 Å². The first-order chi connectivity index (χ1) is 13.4. The number of carboxylic acids is 1. The number of nitrogens with zero attached hydrogens (tertiary/aromatic N) is 1. The molecule has 1 heterocycles. The van der Waals surface area contributed by atoms with E-state index in [9.17, 15) is 18.7 Å². The summed E-state index contributed by atoms with van der Waals surface area (Å²) in [5.74, 6) is -3.13. The maximum Gasteiger partial charge on any atom is 0.337 e. The lowest BCUT2D eigenvalue weighted by Crippen LogP contribution is -2.03. The molecule has 3 aromatic rings. The van der Waals surface area contributed by atoms with Crippen LogP contribution in [0.5, 0.6) is 0 Å². The standard InChI is InChI=1S/C19H15F2N3O2.C2H6/c1-10-2-6-15(12(8-10)19(25)26)24-11-3-7-16(23-9-11)17-14(22)5-4-13(20)18(17)21;1-2/h2-9,24H,22H2,1H3,(H,25,26);1-2H3. The van der Waals surface area contributed by atoms with Gasteiger partial charge in [0.1, 0.15) is 0 Å². The van der Waals surface area contributed by atoms with Gasteiger partial charge in [-0.05, 0) is 43.3 Å². The van der Waals surface area contributed by atoms with Gasteiger partial charge >= 0.3 is 5.97 Å². The highest BCUT2D eigenvalue weighted by Crippen LogP contribution is 2.30. The minimum absolute atomic E-state index is 0.0730. The van der Waals surface area contributed by atoms with Gasteiger partial charge < -0.3 is 16.2 Å². The third-order valence-electron chi connectivity index (χ3n) is 3.83. The molecule has 0 atom stereocenters. The summed E-state index contributed by atoms with van der Waals surface area (Å²) in [5.41, 5.74) is 7.69. The summed E-state index contributed by atoms with van der Waals surface area (Å²) < 4.78 is 27.4. The van der Waals surface area contributed by atoms with E-state index in [0.29, 0.717) is 11.4 Å². The van der Waals surface area contributed by atoms with Crippen molar-refractivity contribution in [3.63, 3.8) is 0 Å². The molecule has 0 aliphatic heterocycles. The molecule has 0 amide bonds. The van der Waals surface area contributed by atoms with E-state index in [1.165, 1.54) is 18.3 Å². The van der Waals surface area contributed by atoms with Gasteiger partial charge in [-0.3, -0.25) is 4.98 Å². The number of hydrogen-bond acceptors (Lipinski definition) is 4. The second kappa shape index (κ2) is 8.94. The number of pyridine rings is 1. The zero-order valence-corrected chi connectivity index (χ0v) is 15.8. The van der Waals surface area contributed by atoms with Gasteiger partial charge in [-0.2, -0.15) is 0 Å². The lowest BCUT2D eigenvalue weighted by atomic mass is 10.1. The second-order valence-corrected chi connectivity index (χ2v) is 5.74. The molecule has 1 aromatic heterocycles. The normalized spacial score (nSPS) is 10.0. The molecule has 0 radical (unpaired) electrons. The Kier molecular flexibility index (Phi) is 6.65. The van der Waals surface area contributed by atoms with Crippen LogP contribution in [0.3, 0.4) is 0 Å². The van der Waals surface area contributed by atoms with Gasteiger partial charge in [-0.25, -0.2) is 13.6 Å². The van der Waals surface area contributed by atoms with Gasteiger partial charge in [0.2, 0.25) is 0 Å². The van der Waals surface area contributed by atoms with Crippen LogP contribution in [0.1, 0.15) is 29.8 Å². The van der Waals surface area contributed by atoms with Gasteiger partial charge in [0, 0.05) is 5.69 Å². The smallest absolute Gasteiger partial charge is 0.337 e. The highest BCUT2D eigenvalue weighted by Gasteiger charge is 2.15. The van der Waals surface area contributed by atoms with Crippen LogP contribution in [-0.2, 0) is 0 Å². The van der Waals surface area contributed by atoms with Gasteiger partial charge in [-0.15, -0.1) is 0 Å². The molecule has 0 spiro atoms. The van der Waals surface area contributed by atoms with Crippen LogP contribution in [0.4, 0.5) is 25.8 Å². The quantitative estimate of drug-likeness (QED) is 0.524. The van der Waals surface area contributed by atoms with E-state index < -0.39 is 17.6 Å². The number of rotatable bonds is 4. The predicted octanol–water partition coefficient (Wildman–Crippen LogP) is 5.39. The first kappa shape index (κ1) is 20.8. The Bertz CT molecular complexity index is 990. The molecule has 28 heavy (non-hydrogen) atoms. The number of halogens is 2. The number of hydrogen-bond donors (Lipinski definition) is 3. The number of nitrogens with one attached hydrogen (secondary N) is 1. The predicted molar refractivity (Wildman–Crippen MR) is 107 cm³/mol. The molecular weight excluding hydrogens is 364 g/mol. The molecule has 0 unspecified atom stereocenters. The first-order valence-corrected chi connectivity index (χ1v) is 8.67. The van der Waals surface area contributed by atoms with Crippen molar-refractivity contribution in [3.8, 4) is 11.3 Å². The van der Waals surface area contributed by atoms with Crippen LogP contribution in [0, 0.1) is 18.6 Å². The fraction of sp³-hybridized carbons (Fsp3) is 0.143. The van der Waals surface area contributed by atoms with Crippen molar-refractivity contribution in [1.82, 2.24) is 4.98 Å². The maximum atomic E-state index is 14.0. The lowest BCUT2D eigenvalue weighted by Gasteiger charge is -2.11. The van der Waals surface area contributed by atoms with E-state index in [-0.39, 0.29) is 22.5 Å². The van der Waals surface area contributed by atoms with Crippen molar-refractivity contribution in [2.24, 2.45) is 0 Å². The highest BCUT2D eigenvalue weighted by atomic mass is 19.2. The maximum absolute atomic E-state index is 14.0. The van der Waals surface area contributed by atoms with E-state index in [1.807, 2.05) is 13.8 Å². The van der Waals surface area contributed by atoms with E-state index in [1.54, 1.807) is 31.2 Å². The Morgan fingerprint density at radius 1 is 1.11 bits per heavy atom. The molecule has 0 saturated carbocycles. The molecule has 7 heteroatoms. The van der Waals surface area contributed by atoms with Crippen LogP contribution in [0.25, 0.3) is 11.3 Å². The van der Waals surface area contributed by atoms with Crippen molar-refractivity contribution in [3.05, 3.63) is 71.4 Å². The van der Waals surface area contributed by atoms with Gasteiger partial charge in [0.25, 0.3) is 0 Å². The molecule has 0 saturated heterocycles. The number of nitrogens with two attached hydrogens (primary N) is 1. The SMILES string of the molecule is CC.Cc1ccc(Nc2ccc(-c3c(N)ccc(F)c3F)nc2)c(C(=O)O)c1. The molecule has 3 rings (SSSR count). The average molecular weight is 385 g/mol. The Hall–Kier alpha value is -3.48. The van der Waals surface area contributed by atoms with Crippen molar-refractivity contribution < 1.29 is 18.7 Å². The largest absolute Gasteiger partial charge is 0.478 e. The van der Waals surface area contributed by atoms with Crippen LogP contribution in [0.15, 0.2) is 48.7 Å². The van der Waals surface area contributed by atoms with Crippen molar-refractivity contribution >= 4 is 23.0 Å². The van der Waals surface area contributed by atoms with E-state index in [2.05, 4.69) is 10.3 Å². The summed E-state index contributed by atoms with van der Waals surface area (Å²) in [5, 5.41) is 12.3. The Morgan fingerprint density at radius 3 is 2.43 bits per heavy atom. The topological polar surface area (TPSA) is 88.2 Å². The summed E-state index contributed by atoms with van der Waals surface area (Å²) in [6.07, 6.45) is 1.39. The Labute approximate surface area is 161 Å². The minimum Gasteiger partial charge on any atom is -0.478 e. The molecule has 146 valence electrons. The summed E-state index contributed by atoms with van der Waals surface area (Å²) >= 11 is 0. The summed E-state index contributed by atoms with van der Waals surface area (Å²) in [4.78, 5) is 15.5. The molecule has 0 aliphatic rings. The van der Waals surface area contributed by atoms with Crippen molar-refractivity contribution in [2.45, 2.75) is 20.8 Å². The molecular formula is C21H21F2N3O2. The van der Waals surface area contributed by atoms with Crippen LogP contribution in [0.2, 0.25) is 0 Å².